The maximum atomic E-state index is 15.2. The predicted molar refractivity (Wildman–Crippen MR) is 203 cm³/mol. The first-order valence-corrected chi connectivity index (χ1v) is 20.9. The number of aliphatic hydroxyl groups excluding tert-OH is 1. The number of carbonyl (C=O) groups is 2. The van der Waals surface area contributed by atoms with Crippen molar-refractivity contribution in [2.75, 3.05) is 23.9 Å². The van der Waals surface area contributed by atoms with Crippen molar-refractivity contribution in [3.8, 4) is 5.75 Å². The number of aryl methyl sites for hydroxylation is 1. The molecule has 11 heteroatoms. The standard InChI is InChI=1S/C41H45N5O5Si/c1-28-38(52(3,4)34-18-16-33(50-2)17-19-34)37(21-23-45-27-32(22-24-47)43-44-45)51-41(28)35-25-31(42-39(48)30-13-9-6-10-14-30)15-20-36(35)46(40(41)49)26-29-11-7-5-8-12-29/h5-20,25,27-28,37-38,47H,21-24,26H2,1-4H3,(H,42,48)/t28-,37+,38-,41+/m0/s1. The van der Waals surface area contributed by atoms with E-state index in [0.29, 0.717) is 37.2 Å². The number of aliphatic hydroxyl groups is 1. The number of methoxy groups -OCH3 is 1. The Morgan fingerprint density at radius 2 is 1.71 bits per heavy atom. The van der Waals surface area contributed by atoms with Crippen LogP contribution < -0.4 is 20.1 Å². The Kier molecular flexibility index (Phi) is 9.84. The second kappa shape index (κ2) is 14.5. The van der Waals surface area contributed by atoms with Crippen LogP contribution in [0.25, 0.3) is 0 Å². The number of nitrogens with zero attached hydrogens (tertiary/aromatic N) is 4. The van der Waals surface area contributed by atoms with Gasteiger partial charge in [0.15, 0.2) is 5.60 Å². The molecule has 3 heterocycles. The molecule has 52 heavy (non-hydrogen) atoms. The lowest BCUT2D eigenvalue weighted by Crippen LogP contribution is -2.51. The predicted octanol–water partition coefficient (Wildman–Crippen LogP) is 5.93. The average molecular weight is 716 g/mol. The van der Waals surface area contributed by atoms with Gasteiger partial charge in [0.05, 0.1) is 39.2 Å². The highest BCUT2D eigenvalue weighted by molar-refractivity contribution is 6.91. The van der Waals surface area contributed by atoms with E-state index in [1.165, 1.54) is 5.19 Å². The Balaban J connectivity index is 1.31. The van der Waals surface area contributed by atoms with Crippen LogP contribution in [0.5, 0.6) is 5.75 Å². The molecular formula is C41H45N5O5Si. The number of fused-ring (bicyclic) bond motifs is 2. The Morgan fingerprint density at radius 3 is 2.40 bits per heavy atom. The molecule has 4 aromatic carbocycles. The molecule has 2 aliphatic rings. The number of hydrogen-bond acceptors (Lipinski definition) is 7. The molecule has 268 valence electrons. The summed E-state index contributed by atoms with van der Waals surface area (Å²) in [6.45, 7) is 7.82. The smallest absolute Gasteiger partial charge is 0.264 e. The summed E-state index contributed by atoms with van der Waals surface area (Å²) in [5.41, 5.74) is 3.18. The third-order valence-electron chi connectivity index (χ3n) is 10.9. The zero-order chi connectivity index (χ0) is 36.5. The van der Waals surface area contributed by atoms with E-state index in [1.807, 2.05) is 90.0 Å². The molecule has 0 saturated carbocycles. The van der Waals surface area contributed by atoms with E-state index in [2.05, 4.69) is 47.8 Å². The van der Waals surface area contributed by atoms with E-state index in [-0.39, 0.29) is 36.0 Å². The second-order valence-electron chi connectivity index (χ2n) is 14.3. The minimum absolute atomic E-state index is 0.00296. The minimum Gasteiger partial charge on any atom is -0.497 e. The van der Waals surface area contributed by atoms with E-state index in [9.17, 15) is 9.90 Å². The fraction of sp³-hybridized carbons (Fsp3) is 0.317. The number of carbonyl (C=O) groups excluding carboxylic acids is 2. The van der Waals surface area contributed by atoms with Crippen LogP contribution in [0.4, 0.5) is 11.4 Å². The molecule has 1 spiro atoms. The van der Waals surface area contributed by atoms with Crippen molar-refractivity contribution in [3.05, 3.63) is 132 Å². The van der Waals surface area contributed by atoms with Gasteiger partial charge < -0.3 is 24.8 Å². The summed E-state index contributed by atoms with van der Waals surface area (Å²) in [6.07, 6.45) is 2.62. The van der Waals surface area contributed by atoms with Gasteiger partial charge in [0.25, 0.3) is 11.8 Å². The summed E-state index contributed by atoms with van der Waals surface area (Å²) in [7, 11) is -0.710. The van der Waals surface area contributed by atoms with Gasteiger partial charge in [-0.25, -0.2) is 0 Å². The fourth-order valence-electron chi connectivity index (χ4n) is 8.31. The number of rotatable bonds is 12. The molecule has 4 atom stereocenters. The molecule has 10 nitrogen and oxygen atoms in total. The third kappa shape index (κ3) is 6.44. The molecule has 1 saturated heterocycles. The first kappa shape index (κ1) is 35.3. The van der Waals surface area contributed by atoms with E-state index in [4.69, 9.17) is 9.47 Å². The first-order valence-electron chi connectivity index (χ1n) is 17.8. The van der Waals surface area contributed by atoms with Crippen molar-refractivity contribution < 1.29 is 24.2 Å². The highest BCUT2D eigenvalue weighted by Gasteiger charge is 2.66. The number of ether oxygens (including phenoxy) is 2. The van der Waals surface area contributed by atoms with E-state index >= 15 is 4.79 Å². The lowest BCUT2D eigenvalue weighted by molar-refractivity contribution is -0.146. The number of hydrogen-bond donors (Lipinski definition) is 2. The lowest BCUT2D eigenvalue weighted by Gasteiger charge is -2.37. The monoisotopic (exact) mass is 715 g/mol. The van der Waals surface area contributed by atoms with Crippen molar-refractivity contribution in [1.29, 1.82) is 0 Å². The van der Waals surface area contributed by atoms with Gasteiger partial charge in [-0.15, -0.1) is 5.10 Å². The zero-order valence-corrected chi connectivity index (χ0v) is 31.0. The van der Waals surface area contributed by atoms with Crippen LogP contribution in [-0.4, -0.2) is 59.8 Å². The Morgan fingerprint density at radius 1 is 1.00 bits per heavy atom. The molecule has 2 amide bonds. The zero-order valence-electron chi connectivity index (χ0n) is 30.0. The SMILES string of the molecule is COc1ccc([Si](C)(C)[C@@H]2[C@@H](CCn3cc(CCO)nn3)O[C@]3(C(=O)N(Cc4ccccc4)c4ccc(NC(=O)c5ccccc5)cc43)[C@H]2C)cc1. The molecule has 0 unspecified atom stereocenters. The van der Waals surface area contributed by atoms with Gasteiger partial charge in [0.1, 0.15) is 5.75 Å². The van der Waals surface area contributed by atoms with E-state index in [0.717, 1.165) is 28.3 Å². The maximum Gasteiger partial charge on any atom is 0.264 e. The highest BCUT2D eigenvalue weighted by Crippen LogP contribution is 2.60. The van der Waals surface area contributed by atoms with Crippen LogP contribution >= 0.6 is 0 Å². The summed E-state index contributed by atoms with van der Waals surface area (Å²) in [6, 6.07) is 33.2. The van der Waals surface area contributed by atoms with Gasteiger partial charge in [-0.05, 0) is 60.0 Å². The summed E-state index contributed by atoms with van der Waals surface area (Å²) in [4.78, 5) is 30.4. The van der Waals surface area contributed by atoms with Gasteiger partial charge in [-0.1, -0.05) is 91.1 Å². The van der Waals surface area contributed by atoms with Crippen LogP contribution in [0, 0.1) is 5.92 Å². The van der Waals surface area contributed by atoms with Crippen molar-refractivity contribution >= 4 is 36.4 Å². The van der Waals surface area contributed by atoms with Gasteiger partial charge in [-0.3, -0.25) is 14.3 Å². The van der Waals surface area contributed by atoms with Crippen LogP contribution in [0.3, 0.4) is 0 Å². The number of nitrogens with one attached hydrogen (secondary N) is 1. The van der Waals surface area contributed by atoms with Crippen molar-refractivity contribution in [2.24, 2.45) is 5.92 Å². The number of aromatic nitrogens is 3. The maximum absolute atomic E-state index is 15.2. The average Bonchev–Trinajstić information content (AvgIpc) is 3.81. The summed E-state index contributed by atoms with van der Waals surface area (Å²) in [5.74, 6) is 0.263. The third-order valence-corrected chi connectivity index (χ3v) is 15.3. The van der Waals surface area contributed by atoms with Gasteiger partial charge in [0, 0.05) is 48.5 Å². The normalized spacial score (nSPS) is 21.1. The second-order valence-corrected chi connectivity index (χ2v) is 19.0. The quantitative estimate of drug-likeness (QED) is 0.154. The molecule has 1 fully saturated rings. The van der Waals surface area contributed by atoms with Gasteiger partial charge in [-0.2, -0.15) is 0 Å². The molecular weight excluding hydrogens is 671 g/mol. The summed E-state index contributed by atoms with van der Waals surface area (Å²) in [5, 5.41) is 22.3. The van der Waals surface area contributed by atoms with Crippen LogP contribution in [0.15, 0.2) is 109 Å². The highest BCUT2D eigenvalue weighted by atomic mass is 28.3. The van der Waals surface area contributed by atoms with E-state index in [1.54, 1.807) is 23.9 Å². The minimum atomic E-state index is -2.38. The summed E-state index contributed by atoms with van der Waals surface area (Å²) < 4.78 is 14.6. The Bertz CT molecular complexity index is 2040. The number of anilines is 2. The molecule has 7 rings (SSSR count). The Hall–Kier alpha value is -5.10. The molecule has 2 aliphatic heterocycles. The molecule has 2 N–H and O–H groups in total. The molecule has 5 aromatic rings. The molecule has 0 bridgehead atoms. The molecule has 0 radical (unpaired) electrons. The van der Waals surface area contributed by atoms with Gasteiger partial charge in [0.2, 0.25) is 0 Å². The van der Waals surface area contributed by atoms with Gasteiger partial charge >= 0.3 is 0 Å². The summed E-state index contributed by atoms with van der Waals surface area (Å²) >= 11 is 0. The topological polar surface area (TPSA) is 119 Å². The fourth-order valence-corrected chi connectivity index (χ4v) is 12.4. The Labute approximate surface area is 305 Å². The lowest BCUT2D eigenvalue weighted by atomic mass is 9.82. The number of benzene rings is 4. The van der Waals surface area contributed by atoms with E-state index < -0.39 is 13.7 Å². The largest absolute Gasteiger partial charge is 0.497 e. The first-order chi connectivity index (χ1) is 25.1. The van der Waals surface area contributed by atoms with Crippen LogP contribution in [-0.2, 0) is 34.6 Å². The van der Waals surface area contributed by atoms with Crippen molar-refractivity contribution in [1.82, 2.24) is 15.0 Å². The molecule has 0 aliphatic carbocycles. The van der Waals surface area contributed by atoms with Crippen LogP contribution in [0.2, 0.25) is 18.6 Å². The van der Waals surface area contributed by atoms with Crippen LogP contribution in [0.1, 0.15) is 40.5 Å². The number of amides is 2. The van der Waals surface area contributed by atoms with Crippen molar-refractivity contribution in [3.63, 3.8) is 0 Å². The molecule has 1 aromatic heterocycles. The van der Waals surface area contributed by atoms with Crippen molar-refractivity contribution in [2.45, 2.75) is 63.2 Å².